The summed E-state index contributed by atoms with van der Waals surface area (Å²) in [5, 5.41) is 48.7. The summed E-state index contributed by atoms with van der Waals surface area (Å²) in [7, 11) is 0. The number of thioether (sulfide) groups is 1. The van der Waals surface area contributed by atoms with Crippen LogP contribution in [-0.2, 0) is 6.54 Å². The Bertz CT molecular complexity index is 517. The molecule has 1 heterocycles. The molecule has 1 aromatic rings. The van der Waals surface area contributed by atoms with E-state index in [-0.39, 0.29) is 6.54 Å². The van der Waals surface area contributed by atoms with E-state index in [4.69, 9.17) is 17.3 Å². The fourth-order valence-corrected chi connectivity index (χ4v) is 3.85. The van der Waals surface area contributed by atoms with Crippen molar-refractivity contribution in [3.8, 4) is 0 Å². The van der Waals surface area contributed by atoms with Crippen molar-refractivity contribution in [2.45, 2.75) is 29.8 Å². The van der Waals surface area contributed by atoms with Gasteiger partial charge in [0.1, 0.15) is 22.6 Å². The Hall–Kier alpha value is -0.740. The number of β-amino-alcohol motifs (C(OH)–C–C–N with tert-alkyl or cyclic N) is 1. The maximum Gasteiger partial charge on any atom is 0.162 e. The van der Waals surface area contributed by atoms with Gasteiger partial charge in [-0.25, -0.2) is 0 Å². The lowest BCUT2D eigenvalue weighted by Gasteiger charge is -2.32. The fourth-order valence-electron chi connectivity index (χ4n) is 2.25. The second kappa shape index (κ2) is 7.22. The third kappa shape index (κ3) is 3.77. The molecule has 5 N–H and O–H groups in total. The van der Waals surface area contributed by atoms with Crippen LogP contribution in [-0.4, -0.2) is 71.1 Å². The minimum atomic E-state index is -1.73. The summed E-state index contributed by atoms with van der Waals surface area (Å²) in [6.45, 7) is -0.223. The lowest BCUT2D eigenvalue weighted by molar-refractivity contribution is -0.126. The van der Waals surface area contributed by atoms with Gasteiger partial charge in [-0.15, -0.1) is 0 Å². The highest BCUT2D eigenvalue weighted by atomic mass is 32.2. The average Bonchev–Trinajstić information content (AvgIpc) is 2.81. The van der Waals surface area contributed by atoms with Crippen LogP contribution < -0.4 is 0 Å². The predicted octanol–water partition coefficient (Wildman–Crippen LogP) is -0.716. The smallest absolute Gasteiger partial charge is 0.162 e. The second-order valence-electron chi connectivity index (χ2n) is 5.24. The summed E-state index contributed by atoms with van der Waals surface area (Å²) < 4.78 is 0.399. The van der Waals surface area contributed by atoms with E-state index >= 15 is 0 Å². The van der Waals surface area contributed by atoms with Gasteiger partial charge in [-0.1, -0.05) is 54.3 Å². The Morgan fingerprint density at radius 1 is 1.23 bits per heavy atom. The van der Waals surface area contributed by atoms with Crippen LogP contribution in [0.1, 0.15) is 5.56 Å². The standard InChI is InChI=1S/C14H19NO5S2/c16-7-10(17)11(18)12(19)14(20)8-15(13(21)22-14)6-9-4-2-1-3-5-9/h1-5,10-12,16-20H,6-8H2. The van der Waals surface area contributed by atoms with Crippen LogP contribution in [0.2, 0.25) is 0 Å². The van der Waals surface area contributed by atoms with Gasteiger partial charge in [-0.3, -0.25) is 0 Å². The number of aliphatic hydroxyl groups excluding tert-OH is 4. The largest absolute Gasteiger partial charge is 0.394 e. The van der Waals surface area contributed by atoms with E-state index in [0.717, 1.165) is 17.3 Å². The Kier molecular flexibility index (Phi) is 5.78. The first-order chi connectivity index (χ1) is 10.4. The zero-order chi connectivity index (χ0) is 16.3. The summed E-state index contributed by atoms with van der Waals surface area (Å²) >= 11 is 6.08. The van der Waals surface area contributed by atoms with Crippen molar-refractivity contribution < 1.29 is 25.5 Å². The van der Waals surface area contributed by atoms with E-state index in [1.54, 1.807) is 4.90 Å². The molecule has 0 radical (unpaired) electrons. The molecule has 4 atom stereocenters. The van der Waals surface area contributed by atoms with E-state index in [1.807, 2.05) is 30.3 Å². The molecule has 6 nitrogen and oxygen atoms in total. The third-order valence-electron chi connectivity index (χ3n) is 3.52. The van der Waals surface area contributed by atoms with Crippen LogP contribution in [0.3, 0.4) is 0 Å². The van der Waals surface area contributed by atoms with Crippen molar-refractivity contribution in [1.82, 2.24) is 4.90 Å². The van der Waals surface area contributed by atoms with Crippen LogP contribution >= 0.6 is 24.0 Å². The van der Waals surface area contributed by atoms with Crippen molar-refractivity contribution >= 4 is 28.3 Å². The predicted molar refractivity (Wildman–Crippen MR) is 87.1 cm³/mol. The monoisotopic (exact) mass is 345 g/mol. The summed E-state index contributed by atoms with van der Waals surface area (Å²) in [5.74, 6) is 0. The first kappa shape index (κ1) is 17.6. The molecule has 122 valence electrons. The second-order valence-corrected chi connectivity index (χ2v) is 7.18. The Balaban J connectivity index is 2.06. The Morgan fingerprint density at radius 2 is 1.86 bits per heavy atom. The van der Waals surface area contributed by atoms with E-state index in [2.05, 4.69) is 0 Å². The number of rotatable bonds is 6. The maximum atomic E-state index is 10.5. The first-order valence-electron chi connectivity index (χ1n) is 6.76. The van der Waals surface area contributed by atoms with Crippen molar-refractivity contribution in [2.24, 2.45) is 0 Å². The van der Waals surface area contributed by atoms with Gasteiger partial charge < -0.3 is 30.4 Å². The fraction of sp³-hybridized carbons (Fsp3) is 0.500. The van der Waals surface area contributed by atoms with Gasteiger partial charge in [-0.2, -0.15) is 0 Å². The van der Waals surface area contributed by atoms with Gasteiger partial charge in [-0.05, 0) is 5.56 Å². The quantitative estimate of drug-likeness (QED) is 0.431. The van der Waals surface area contributed by atoms with Gasteiger partial charge in [0.2, 0.25) is 0 Å². The molecule has 0 aromatic heterocycles. The number of aliphatic hydroxyl groups is 5. The molecule has 1 aromatic carbocycles. The number of hydrogen-bond acceptors (Lipinski definition) is 7. The molecular formula is C14H19NO5S2. The van der Waals surface area contributed by atoms with E-state index in [9.17, 15) is 20.4 Å². The van der Waals surface area contributed by atoms with Gasteiger partial charge in [0.05, 0.1) is 13.2 Å². The van der Waals surface area contributed by atoms with Crippen LogP contribution in [0.15, 0.2) is 30.3 Å². The molecule has 0 bridgehead atoms. The first-order valence-corrected chi connectivity index (χ1v) is 7.99. The Morgan fingerprint density at radius 3 is 2.45 bits per heavy atom. The van der Waals surface area contributed by atoms with E-state index in [0.29, 0.717) is 10.9 Å². The zero-order valence-electron chi connectivity index (χ0n) is 11.7. The lowest BCUT2D eigenvalue weighted by atomic mass is 10.0. The van der Waals surface area contributed by atoms with Crippen molar-refractivity contribution in [2.75, 3.05) is 13.2 Å². The topological polar surface area (TPSA) is 104 Å². The van der Waals surface area contributed by atoms with Crippen LogP contribution in [0.4, 0.5) is 0 Å². The molecule has 0 aliphatic carbocycles. The molecule has 0 spiro atoms. The van der Waals surface area contributed by atoms with Gasteiger partial charge >= 0.3 is 0 Å². The molecule has 1 aliphatic rings. The van der Waals surface area contributed by atoms with Crippen LogP contribution in [0, 0.1) is 0 Å². The molecule has 8 heteroatoms. The van der Waals surface area contributed by atoms with Crippen LogP contribution in [0.5, 0.6) is 0 Å². The van der Waals surface area contributed by atoms with Gasteiger partial charge in [0.25, 0.3) is 0 Å². The lowest BCUT2D eigenvalue weighted by Crippen LogP contribution is -2.53. The molecule has 1 saturated heterocycles. The number of thiocarbonyl (C=S) groups is 1. The van der Waals surface area contributed by atoms with E-state index < -0.39 is 29.9 Å². The molecule has 1 aliphatic heterocycles. The molecule has 4 unspecified atom stereocenters. The number of nitrogens with zero attached hydrogens (tertiary/aromatic N) is 1. The van der Waals surface area contributed by atoms with Gasteiger partial charge in [0, 0.05) is 6.54 Å². The van der Waals surface area contributed by atoms with Crippen molar-refractivity contribution in [3.63, 3.8) is 0 Å². The van der Waals surface area contributed by atoms with Crippen molar-refractivity contribution in [1.29, 1.82) is 0 Å². The summed E-state index contributed by atoms with van der Waals surface area (Å²) in [4.78, 5) is -0.0158. The molecule has 0 amide bonds. The summed E-state index contributed by atoms with van der Waals surface area (Å²) in [5.41, 5.74) is 1.00. The van der Waals surface area contributed by atoms with E-state index in [1.165, 1.54) is 0 Å². The highest BCUT2D eigenvalue weighted by Crippen LogP contribution is 2.39. The molecule has 22 heavy (non-hydrogen) atoms. The summed E-state index contributed by atoms with van der Waals surface area (Å²) in [6, 6.07) is 9.53. The van der Waals surface area contributed by atoms with Crippen LogP contribution in [0.25, 0.3) is 0 Å². The molecular weight excluding hydrogens is 326 g/mol. The minimum absolute atomic E-state index is 0.0156. The zero-order valence-corrected chi connectivity index (χ0v) is 13.4. The average molecular weight is 345 g/mol. The Labute approximate surface area is 138 Å². The molecule has 1 fully saturated rings. The SMILES string of the molecule is OCC(O)C(O)C(O)C1(O)CN(Cc2ccccc2)C(=S)S1. The number of hydrogen-bond donors (Lipinski definition) is 5. The maximum absolute atomic E-state index is 10.5. The van der Waals surface area contributed by atoms with Crippen molar-refractivity contribution in [3.05, 3.63) is 35.9 Å². The highest BCUT2D eigenvalue weighted by molar-refractivity contribution is 8.24. The minimum Gasteiger partial charge on any atom is -0.394 e. The van der Waals surface area contributed by atoms with Gasteiger partial charge in [0.15, 0.2) is 4.93 Å². The number of benzene rings is 1. The third-order valence-corrected chi connectivity index (χ3v) is 5.19. The molecule has 2 rings (SSSR count). The normalized spacial score (nSPS) is 26.0. The molecule has 0 saturated carbocycles. The highest BCUT2D eigenvalue weighted by Gasteiger charge is 2.49. The summed E-state index contributed by atoms with van der Waals surface area (Å²) in [6.07, 6.45) is -4.84.